The third-order valence-corrected chi connectivity index (χ3v) is 4.49. The zero-order valence-corrected chi connectivity index (χ0v) is 14.5. The van der Waals surface area contributed by atoms with Gasteiger partial charge in [0.2, 0.25) is 0 Å². The predicted octanol–water partition coefficient (Wildman–Crippen LogP) is 1.31. The van der Waals surface area contributed by atoms with Crippen LogP contribution < -0.4 is 5.32 Å². The summed E-state index contributed by atoms with van der Waals surface area (Å²) in [6, 6.07) is 12.3. The van der Waals surface area contributed by atoms with Crippen LogP contribution in [-0.2, 0) is 0 Å². The van der Waals surface area contributed by atoms with Crippen LogP contribution in [0.25, 0.3) is 5.69 Å². The molecule has 0 saturated carbocycles. The van der Waals surface area contributed by atoms with Crippen molar-refractivity contribution in [2.24, 2.45) is 0 Å². The van der Waals surface area contributed by atoms with E-state index in [1.54, 1.807) is 64.6 Å². The van der Waals surface area contributed by atoms with Gasteiger partial charge in [-0.2, -0.15) is 0 Å². The van der Waals surface area contributed by atoms with E-state index in [0.29, 0.717) is 30.8 Å². The molecule has 2 amide bonds. The average Bonchev–Trinajstić information content (AvgIpc) is 3.40. The Bertz CT molecular complexity index is 942. The zero-order chi connectivity index (χ0) is 18.6. The third kappa shape index (κ3) is 3.69. The molecule has 4 rings (SSSR count). The molecule has 0 unspecified atom stereocenters. The fourth-order valence-corrected chi connectivity index (χ4v) is 3.12. The second kappa shape index (κ2) is 7.36. The van der Waals surface area contributed by atoms with Gasteiger partial charge in [0.25, 0.3) is 11.8 Å². The number of carbonyl (C=O) groups excluding carboxylic acids is 2. The van der Waals surface area contributed by atoms with E-state index in [-0.39, 0.29) is 17.9 Å². The largest absolute Gasteiger partial charge is 0.347 e. The standard InChI is InChI=1S/C19H18N6O2/c26-18(14-4-3-5-16(12-14)25-11-9-21-23-25)22-15-7-10-24(13-15)19(27)17-6-1-2-8-20-17/h1-6,8-9,11-12,15H,7,10,13H2,(H,22,26)/t15-/m0/s1. The predicted molar refractivity (Wildman–Crippen MR) is 97.4 cm³/mol. The molecule has 1 N–H and O–H groups in total. The van der Waals surface area contributed by atoms with Gasteiger partial charge in [-0.15, -0.1) is 5.10 Å². The highest BCUT2D eigenvalue weighted by molar-refractivity contribution is 5.95. The summed E-state index contributed by atoms with van der Waals surface area (Å²) in [5.41, 5.74) is 1.72. The molecule has 0 bridgehead atoms. The number of pyridine rings is 1. The van der Waals surface area contributed by atoms with E-state index >= 15 is 0 Å². The van der Waals surface area contributed by atoms with Crippen LogP contribution in [-0.4, -0.2) is 55.8 Å². The van der Waals surface area contributed by atoms with Gasteiger partial charge in [0.05, 0.1) is 18.1 Å². The number of likely N-dealkylation sites (tertiary alicyclic amines) is 1. The molecule has 8 heteroatoms. The van der Waals surface area contributed by atoms with E-state index in [9.17, 15) is 9.59 Å². The lowest BCUT2D eigenvalue weighted by Gasteiger charge is -2.17. The molecule has 8 nitrogen and oxygen atoms in total. The Morgan fingerprint density at radius 2 is 2.04 bits per heavy atom. The van der Waals surface area contributed by atoms with Gasteiger partial charge in [0.1, 0.15) is 5.69 Å². The number of rotatable bonds is 4. The highest BCUT2D eigenvalue weighted by Crippen LogP contribution is 2.14. The first-order chi connectivity index (χ1) is 13.2. The lowest BCUT2D eigenvalue weighted by molar-refractivity contribution is 0.0777. The van der Waals surface area contributed by atoms with Crippen LogP contribution >= 0.6 is 0 Å². The molecule has 1 atom stereocenters. The second-order valence-electron chi connectivity index (χ2n) is 6.32. The van der Waals surface area contributed by atoms with Crippen molar-refractivity contribution in [2.45, 2.75) is 12.5 Å². The third-order valence-electron chi connectivity index (χ3n) is 4.49. The first kappa shape index (κ1) is 16.9. The van der Waals surface area contributed by atoms with E-state index in [2.05, 4.69) is 20.6 Å². The topological polar surface area (TPSA) is 93.0 Å². The van der Waals surface area contributed by atoms with E-state index in [4.69, 9.17) is 0 Å². The summed E-state index contributed by atoms with van der Waals surface area (Å²) >= 11 is 0. The number of nitrogens with one attached hydrogen (secondary N) is 1. The minimum Gasteiger partial charge on any atom is -0.347 e. The molecule has 0 spiro atoms. The van der Waals surface area contributed by atoms with Crippen molar-refractivity contribution in [2.75, 3.05) is 13.1 Å². The van der Waals surface area contributed by atoms with Crippen LogP contribution in [0.3, 0.4) is 0 Å². The Morgan fingerprint density at radius 3 is 2.81 bits per heavy atom. The monoisotopic (exact) mass is 362 g/mol. The molecule has 3 heterocycles. The molecular formula is C19H18N6O2. The summed E-state index contributed by atoms with van der Waals surface area (Å²) in [4.78, 5) is 30.9. The van der Waals surface area contributed by atoms with Crippen molar-refractivity contribution in [3.8, 4) is 5.69 Å². The number of carbonyl (C=O) groups is 2. The quantitative estimate of drug-likeness (QED) is 0.755. The smallest absolute Gasteiger partial charge is 0.272 e. The maximum Gasteiger partial charge on any atom is 0.272 e. The van der Waals surface area contributed by atoms with Crippen molar-refractivity contribution >= 4 is 11.8 Å². The first-order valence-electron chi connectivity index (χ1n) is 8.68. The Labute approximate surface area is 155 Å². The van der Waals surface area contributed by atoms with Crippen LogP contribution in [0.2, 0.25) is 0 Å². The number of aromatic nitrogens is 4. The number of nitrogens with zero attached hydrogens (tertiary/aromatic N) is 5. The fraction of sp³-hybridized carbons (Fsp3) is 0.211. The Morgan fingerprint density at radius 1 is 1.11 bits per heavy atom. The summed E-state index contributed by atoms with van der Waals surface area (Å²) in [7, 11) is 0. The molecule has 1 aromatic carbocycles. The van der Waals surface area contributed by atoms with Gasteiger partial charge in [-0.05, 0) is 36.8 Å². The molecule has 1 aliphatic rings. The number of hydrogen-bond acceptors (Lipinski definition) is 5. The van der Waals surface area contributed by atoms with Crippen LogP contribution in [0.4, 0.5) is 0 Å². The molecule has 0 aliphatic carbocycles. The van der Waals surface area contributed by atoms with E-state index < -0.39 is 0 Å². The molecule has 136 valence electrons. The maximum absolute atomic E-state index is 12.6. The van der Waals surface area contributed by atoms with Crippen molar-refractivity contribution in [1.82, 2.24) is 30.2 Å². The average molecular weight is 362 g/mol. The van der Waals surface area contributed by atoms with E-state index in [1.165, 1.54) is 0 Å². The highest BCUT2D eigenvalue weighted by Gasteiger charge is 2.28. The summed E-state index contributed by atoms with van der Waals surface area (Å²) in [5, 5.41) is 10.7. The Hall–Kier alpha value is -3.55. The van der Waals surface area contributed by atoms with Crippen molar-refractivity contribution < 1.29 is 9.59 Å². The van der Waals surface area contributed by atoms with Crippen molar-refractivity contribution in [1.29, 1.82) is 0 Å². The minimum atomic E-state index is -0.172. The van der Waals surface area contributed by atoms with Gasteiger partial charge >= 0.3 is 0 Å². The van der Waals surface area contributed by atoms with Gasteiger partial charge < -0.3 is 10.2 Å². The molecule has 1 saturated heterocycles. The van der Waals surface area contributed by atoms with Gasteiger partial charge in [0.15, 0.2) is 0 Å². The molecule has 2 aromatic heterocycles. The van der Waals surface area contributed by atoms with Crippen LogP contribution in [0.15, 0.2) is 61.1 Å². The summed E-state index contributed by atoms with van der Waals surface area (Å²) in [6.45, 7) is 1.07. The van der Waals surface area contributed by atoms with Crippen LogP contribution in [0, 0.1) is 0 Å². The van der Waals surface area contributed by atoms with Crippen molar-refractivity contribution in [3.63, 3.8) is 0 Å². The molecular weight excluding hydrogens is 344 g/mol. The molecule has 0 radical (unpaired) electrons. The molecule has 1 fully saturated rings. The van der Waals surface area contributed by atoms with Gasteiger partial charge in [-0.3, -0.25) is 14.6 Å². The second-order valence-corrected chi connectivity index (χ2v) is 6.32. The summed E-state index contributed by atoms with van der Waals surface area (Å²) in [5.74, 6) is -0.283. The number of benzene rings is 1. The first-order valence-corrected chi connectivity index (χ1v) is 8.68. The van der Waals surface area contributed by atoms with Gasteiger partial charge in [-0.25, -0.2) is 4.68 Å². The molecule has 3 aromatic rings. The fourth-order valence-electron chi connectivity index (χ4n) is 3.12. The van der Waals surface area contributed by atoms with Crippen molar-refractivity contribution in [3.05, 3.63) is 72.3 Å². The lowest BCUT2D eigenvalue weighted by atomic mass is 10.1. The Balaban J connectivity index is 1.39. The molecule has 1 aliphatic heterocycles. The minimum absolute atomic E-state index is 0.0832. The SMILES string of the molecule is O=C(N[C@H]1CCN(C(=O)c2ccccn2)C1)c1cccc(-n2ccnn2)c1. The van der Waals surface area contributed by atoms with Gasteiger partial charge in [0, 0.05) is 30.9 Å². The number of hydrogen-bond donors (Lipinski definition) is 1. The number of amides is 2. The maximum atomic E-state index is 12.6. The van der Waals surface area contributed by atoms with Gasteiger partial charge in [-0.1, -0.05) is 17.3 Å². The normalized spacial score (nSPS) is 16.3. The van der Waals surface area contributed by atoms with E-state index in [0.717, 1.165) is 5.69 Å². The lowest BCUT2D eigenvalue weighted by Crippen LogP contribution is -2.38. The van der Waals surface area contributed by atoms with Crippen LogP contribution in [0.5, 0.6) is 0 Å². The highest BCUT2D eigenvalue weighted by atomic mass is 16.2. The summed E-state index contributed by atoms with van der Waals surface area (Å²) in [6.07, 6.45) is 5.62. The zero-order valence-electron chi connectivity index (χ0n) is 14.5. The van der Waals surface area contributed by atoms with Crippen LogP contribution in [0.1, 0.15) is 27.3 Å². The molecule has 27 heavy (non-hydrogen) atoms. The Kier molecular flexibility index (Phi) is 4.61. The summed E-state index contributed by atoms with van der Waals surface area (Å²) < 4.78 is 1.60. The van der Waals surface area contributed by atoms with E-state index in [1.807, 2.05) is 6.07 Å².